The van der Waals surface area contributed by atoms with Crippen LogP contribution >= 0.6 is 0 Å². The van der Waals surface area contributed by atoms with Gasteiger partial charge in [0.15, 0.2) is 0 Å². The van der Waals surface area contributed by atoms with Crippen LogP contribution in [0.25, 0.3) is 0 Å². The number of unbranched alkanes of at least 4 members (excludes halogenated alkanes) is 3. The van der Waals surface area contributed by atoms with E-state index in [1.54, 1.807) is 0 Å². The zero-order valence-electron chi connectivity index (χ0n) is 10.0. The van der Waals surface area contributed by atoms with Crippen molar-refractivity contribution >= 4 is 6.29 Å². The van der Waals surface area contributed by atoms with E-state index in [9.17, 15) is 4.79 Å². The minimum absolute atomic E-state index is 0.0395. The van der Waals surface area contributed by atoms with Crippen LogP contribution in [0.15, 0.2) is 0 Å². The largest absolute Gasteiger partial charge is 0.373 e. The second kappa shape index (κ2) is 6.99. The van der Waals surface area contributed by atoms with Gasteiger partial charge in [0.1, 0.15) is 6.29 Å². The van der Waals surface area contributed by atoms with Crippen molar-refractivity contribution in [3.8, 4) is 0 Å². The third-order valence-electron chi connectivity index (χ3n) is 1.99. The quantitative estimate of drug-likeness (QED) is 0.465. The Hall–Kier alpha value is -0.370. The Morgan fingerprint density at radius 1 is 1.21 bits per heavy atom. The van der Waals surface area contributed by atoms with E-state index in [2.05, 4.69) is 27.7 Å². The van der Waals surface area contributed by atoms with Crippen molar-refractivity contribution in [3.05, 3.63) is 0 Å². The van der Waals surface area contributed by atoms with Gasteiger partial charge in [0, 0.05) is 6.42 Å². The van der Waals surface area contributed by atoms with Gasteiger partial charge in [0.25, 0.3) is 0 Å². The summed E-state index contributed by atoms with van der Waals surface area (Å²) < 4.78 is 5.77. The molecule has 14 heavy (non-hydrogen) atoms. The topological polar surface area (TPSA) is 26.3 Å². The Labute approximate surface area is 88.0 Å². The van der Waals surface area contributed by atoms with Gasteiger partial charge in [-0.05, 0) is 40.5 Å². The first-order chi connectivity index (χ1) is 6.45. The average molecular weight is 200 g/mol. The molecule has 0 N–H and O–H groups in total. The molecule has 0 aliphatic heterocycles. The SMILES string of the molecule is CC(CCCCCC=O)OC(C)(C)C. The van der Waals surface area contributed by atoms with Gasteiger partial charge in [-0.15, -0.1) is 0 Å². The van der Waals surface area contributed by atoms with Crippen molar-refractivity contribution < 1.29 is 9.53 Å². The zero-order valence-corrected chi connectivity index (χ0v) is 10.0. The Balaban J connectivity index is 3.35. The highest BCUT2D eigenvalue weighted by molar-refractivity contribution is 5.48. The lowest BCUT2D eigenvalue weighted by Gasteiger charge is -2.25. The first-order valence-corrected chi connectivity index (χ1v) is 5.57. The molecule has 0 aromatic carbocycles. The lowest BCUT2D eigenvalue weighted by atomic mass is 10.1. The minimum Gasteiger partial charge on any atom is -0.373 e. The molecular formula is C12H24O2. The summed E-state index contributed by atoms with van der Waals surface area (Å²) in [6, 6.07) is 0. The lowest BCUT2D eigenvalue weighted by molar-refractivity contribution is -0.107. The van der Waals surface area contributed by atoms with E-state index in [4.69, 9.17) is 4.74 Å². The fourth-order valence-corrected chi connectivity index (χ4v) is 1.50. The van der Waals surface area contributed by atoms with Crippen LogP contribution in [0.2, 0.25) is 0 Å². The van der Waals surface area contributed by atoms with Crippen molar-refractivity contribution in [2.45, 2.75) is 71.5 Å². The molecule has 0 heterocycles. The van der Waals surface area contributed by atoms with E-state index in [0.29, 0.717) is 12.5 Å². The molecule has 2 nitrogen and oxygen atoms in total. The van der Waals surface area contributed by atoms with Gasteiger partial charge < -0.3 is 9.53 Å². The summed E-state index contributed by atoms with van der Waals surface area (Å²) in [6.45, 7) is 8.35. The lowest BCUT2D eigenvalue weighted by Crippen LogP contribution is -2.25. The Bertz CT molecular complexity index is 147. The van der Waals surface area contributed by atoms with Gasteiger partial charge in [-0.2, -0.15) is 0 Å². The number of carbonyl (C=O) groups excluding carboxylic acids is 1. The van der Waals surface area contributed by atoms with Crippen LogP contribution in [0.5, 0.6) is 0 Å². The average Bonchev–Trinajstić information content (AvgIpc) is 2.00. The van der Waals surface area contributed by atoms with Crippen LogP contribution < -0.4 is 0 Å². The molecule has 0 radical (unpaired) electrons. The number of rotatable bonds is 7. The maximum absolute atomic E-state index is 10.1. The predicted molar refractivity (Wildman–Crippen MR) is 59.4 cm³/mol. The van der Waals surface area contributed by atoms with E-state index in [-0.39, 0.29) is 5.60 Å². The summed E-state index contributed by atoms with van der Waals surface area (Å²) in [5, 5.41) is 0. The number of aldehydes is 1. The predicted octanol–water partition coefficient (Wildman–Crippen LogP) is 3.34. The first kappa shape index (κ1) is 13.6. The molecule has 0 spiro atoms. The fraction of sp³-hybridized carbons (Fsp3) is 0.917. The molecule has 0 bridgehead atoms. The fourth-order valence-electron chi connectivity index (χ4n) is 1.50. The zero-order chi connectivity index (χ0) is 11.0. The highest BCUT2D eigenvalue weighted by atomic mass is 16.5. The van der Waals surface area contributed by atoms with Crippen molar-refractivity contribution in [1.29, 1.82) is 0 Å². The summed E-state index contributed by atoms with van der Waals surface area (Å²) in [6.07, 6.45) is 6.43. The normalized spacial score (nSPS) is 14.0. The van der Waals surface area contributed by atoms with E-state index in [0.717, 1.165) is 32.0 Å². The maximum Gasteiger partial charge on any atom is 0.119 e. The van der Waals surface area contributed by atoms with Crippen molar-refractivity contribution in [3.63, 3.8) is 0 Å². The molecule has 0 saturated heterocycles. The summed E-state index contributed by atoms with van der Waals surface area (Å²) >= 11 is 0. The molecule has 84 valence electrons. The molecule has 0 rings (SSSR count). The summed E-state index contributed by atoms with van der Waals surface area (Å²) in [5.41, 5.74) is -0.0395. The molecule has 0 fully saturated rings. The summed E-state index contributed by atoms with van der Waals surface area (Å²) in [4.78, 5) is 10.1. The molecule has 0 aromatic heterocycles. The van der Waals surface area contributed by atoms with Crippen molar-refractivity contribution in [1.82, 2.24) is 0 Å². The van der Waals surface area contributed by atoms with Crippen molar-refractivity contribution in [2.24, 2.45) is 0 Å². The van der Waals surface area contributed by atoms with Gasteiger partial charge in [-0.25, -0.2) is 0 Å². The van der Waals surface area contributed by atoms with Crippen LogP contribution in [0.3, 0.4) is 0 Å². The molecular weight excluding hydrogens is 176 g/mol. The van der Waals surface area contributed by atoms with Crippen molar-refractivity contribution in [2.75, 3.05) is 0 Å². The van der Waals surface area contributed by atoms with Gasteiger partial charge in [0.05, 0.1) is 11.7 Å². The Morgan fingerprint density at radius 3 is 2.36 bits per heavy atom. The smallest absolute Gasteiger partial charge is 0.119 e. The highest BCUT2D eigenvalue weighted by Gasteiger charge is 2.14. The Morgan fingerprint density at radius 2 is 1.86 bits per heavy atom. The van der Waals surface area contributed by atoms with E-state index in [1.807, 2.05) is 0 Å². The summed E-state index contributed by atoms with van der Waals surface area (Å²) in [5.74, 6) is 0. The van der Waals surface area contributed by atoms with Crippen LogP contribution in [-0.4, -0.2) is 18.0 Å². The van der Waals surface area contributed by atoms with E-state index < -0.39 is 0 Å². The van der Waals surface area contributed by atoms with E-state index in [1.165, 1.54) is 0 Å². The molecule has 0 amide bonds. The van der Waals surface area contributed by atoms with Gasteiger partial charge in [-0.1, -0.05) is 12.8 Å². The molecule has 1 unspecified atom stereocenters. The molecule has 0 aromatic rings. The second-order valence-corrected chi connectivity index (χ2v) is 4.85. The monoisotopic (exact) mass is 200 g/mol. The van der Waals surface area contributed by atoms with Gasteiger partial charge in [-0.3, -0.25) is 0 Å². The molecule has 0 aliphatic carbocycles. The second-order valence-electron chi connectivity index (χ2n) is 4.85. The first-order valence-electron chi connectivity index (χ1n) is 5.57. The molecule has 2 heteroatoms. The van der Waals surface area contributed by atoms with Crippen LogP contribution in [0, 0.1) is 0 Å². The Kier molecular flexibility index (Phi) is 6.81. The van der Waals surface area contributed by atoms with Crippen LogP contribution in [0.4, 0.5) is 0 Å². The van der Waals surface area contributed by atoms with Crippen LogP contribution in [-0.2, 0) is 9.53 Å². The number of ether oxygens (including phenoxy) is 1. The van der Waals surface area contributed by atoms with E-state index >= 15 is 0 Å². The standard InChI is InChI=1S/C12H24O2/c1-11(14-12(2,3)4)9-7-5-6-8-10-13/h10-11H,5-9H2,1-4H3. The van der Waals surface area contributed by atoms with Gasteiger partial charge >= 0.3 is 0 Å². The summed E-state index contributed by atoms with van der Waals surface area (Å²) in [7, 11) is 0. The highest BCUT2D eigenvalue weighted by Crippen LogP contribution is 2.15. The van der Waals surface area contributed by atoms with Gasteiger partial charge in [0.2, 0.25) is 0 Å². The third kappa shape index (κ3) is 9.72. The molecule has 0 aliphatic rings. The van der Waals surface area contributed by atoms with Crippen LogP contribution in [0.1, 0.15) is 59.8 Å². The third-order valence-corrected chi connectivity index (χ3v) is 1.99. The maximum atomic E-state index is 10.1. The minimum atomic E-state index is -0.0395. The number of hydrogen-bond acceptors (Lipinski definition) is 2. The number of hydrogen-bond donors (Lipinski definition) is 0. The molecule has 0 saturated carbocycles. The molecule has 1 atom stereocenters. The number of carbonyl (C=O) groups is 1.